The number of aliphatic imine (C=N–C) groups is 1. The number of carbonyl (C=O) groups excluding carboxylic acids is 2. The molecule has 0 spiro atoms. The third-order valence-electron chi connectivity index (χ3n) is 4.07. The summed E-state index contributed by atoms with van der Waals surface area (Å²) in [5.74, 6) is 0.586. The molecular formula is C16H20N4O2S. The van der Waals surface area contributed by atoms with Crippen molar-refractivity contribution in [2.75, 3.05) is 12.8 Å². The van der Waals surface area contributed by atoms with Gasteiger partial charge in [0.05, 0.1) is 0 Å². The highest BCUT2D eigenvalue weighted by atomic mass is 32.2. The van der Waals surface area contributed by atoms with Crippen molar-refractivity contribution in [1.82, 2.24) is 15.1 Å². The Bertz CT molecular complexity index is 659. The molecular weight excluding hydrogens is 312 g/mol. The van der Waals surface area contributed by atoms with Crippen molar-refractivity contribution in [2.45, 2.75) is 32.6 Å². The second-order valence-electron chi connectivity index (χ2n) is 5.72. The molecule has 0 aromatic heterocycles. The Morgan fingerprint density at radius 2 is 1.96 bits per heavy atom. The smallest absolute Gasteiger partial charge is 0.325 e. The molecule has 1 aromatic carbocycles. The number of hydrogen-bond acceptors (Lipinski definition) is 5. The molecule has 3 amide bonds. The van der Waals surface area contributed by atoms with Gasteiger partial charge < -0.3 is 9.80 Å². The van der Waals surface area contributed by atoms with Gasteiger partial charge in [-0.05, 0) is 18.2 Å². The van der Waals surface area contributed by atoms with Gasteiger partial charge in [0.2, 0.25) is 0 Å². The van der Waals surface area contributed by atoms with E-state index in [1.165, 1.54) is 10.5 Å². The highest BCUT2D eigenvalue weighted by Crippen LogP contribution is 2.29. The van der Waals surface area contributed by atoms with Crippen LogP contribution < -0.4 is 5.32 Å². The zero-order valence-corrected chi connectivity index (χ0v) is 14.3. The molecule has 0 aliphatic carbocycles. The first-order chi connectivity index (χ1) is 11.0. The lowest BCUT2D eigenvalue weighted by Crippen LogP contribution is -2.63. The van der Waals surface area contributed by atoms with Crippen LogP contribution in [0.3, 0.4) is 0 Å². The average Bonchev–Trinajstić information content (AvgIpc) is 2.87. The van der Waals surface area contributed by atoms with E-state index in [-0.39, 0.29) is 5.91 Å². The number of nitrogens with zero attached hydrogens (tertiary/aromatic N) is 3. The van der Waals surface area contributed by atoms with Crippen LogP contribution in [0.4, 0.5) is 4.79 Å². The first kappa shape index (κ1) is 15.9. The SMILES string of the molecule is CCSC1=NC2C(C(=O)NC(=O)N2C)N1Cc1ccc(C)cc1. The van der Waals surface area contributed by atoms with Crippen LogP contribution >= 0.6 is 11.8 Å². The second-order valence-corrected chi connectivity index (χ2v) is 6.95. The zero-order valence-electron chi connectivity index (χ0n) is 13.4. The molecule has 1 N–H and O–H groups in total. The fraction of sp³-hybridized carbons (Fsp3) is 0.438. The molecule has 2 atom stereocenters. The molecule has 3 rings (SSSR count). The summed E-state index contributed by atoms with van der Waals surface area (Å²) in [4.78, 5) is 32.3. The summed E-state index contributed by atoms with van der Waals surface area (Å²) >= 11 is 1.60. The maximum absolute atomic E-state index is 12.4. The van der Waals surface area contributed by atoms with E-state index in [4.69, 9.17) is 0 Å². The normalized spacial score (nSPS) is 23.7. The highest BCUT2D eigenvalue weighted by Gasteiger charge is 2.48. The molecule has 2 aliphatic heterocycles. The molecule has 1 fully saturated rings. The lowest BCUT2D eigenvalue weighted by atomic mass is 10.1. The monoisotopic (exact) mass is 332 g/mol. The molecule has 23 heavy (non-hydrogen) atoms. The Balaban J connectivity index is 1.89. The number of urea groups is 1. The summed E-state index contributed by atoms with van der Waals surface area (Å²) in [6.45, 7) is 4.70. The van der Waals surface area contributed by atoms with Gasteiger partial charge in [-0.2, -0.15) is 0 Å². The number of aryl methyl sites for hydroxylation is 1. The van der Waals surface area contributed by atoms with Gasteiger partial charge in [0, 0.05) is 13.6 Å². The third kappa shape index (κ3) is 2.93. The number of rotatable bonds is 3. The van der Waals surface area contributed by atoms with E-state index in [0.29, 0.717) is 6.54 Å². The predicted molar refractivity (Wildman–Crippen MR) is 91.2 cm³/mol. The Morgan fingerprint density at radius 3 is 2.61 bits per heavy atom. The maximum Gasteiger partial charge on any atom is 0.325 e. The first-order valence-corrected chi connectivity index (χ1v) is 8.60. The van der Waals surface area contributed by atoms with E-state index in [1.807, 2.05) is 18.7 Å². The van der Waals surface area contributed by atoms with Crippen molar-refractivity contribution in [3.05, 3.63) is 35.4 Å². The number of imide groups is 1. The number of amidine groups is 1. The lowest BCUT2D eigenvalue weighted by Gasteiger charge is -2.36. The van der Waals surface area contributed by atoms with Gasteiger partial charge in [-0.1, -0.05) is 48.5 Å². The van der Waals surface area contributed by atoms with Crippen molar-refractivity contribution in [2.24, 2.45) is 4.99 Å². The number of nitrogens with one attached hydrogen (secondary N) is 1. The number of amides is 3. The number of benzene rings is 1. The summed E-state index contributed by atoms with van der Waals surface area (Å²) in [6, 6.07) is 7.39. The molecule has 7 heteroatoms. The summed E-state index contributed by atoms with van der Waals surface area (Å²) in [7, 11) is 1.67. The Kier molecular flexibility index (Phi) is 4.30. The van der Waals surface area contributed by atoms with Crippen LogP contribution in [0.5, 0.6) is 0 Å². The minimum atomic E-state index is -0.465. The number of fused-ring (bicyclic) bond motifs is 1. The average molecular weight is 332 g/mol. The zero-order chi connectivity index (χ0) is 16.6. The van der Waals surface area contributed by atoms with Gasteiger partial charge in [0.25, 0.3) is 5.91 Å². The molecule has 2 unspecified atom stereocenters. The van der Waals surface area contributed by atoms with E-state index in [9.17, 15) is 9.59 Å². The molecule has 1 aromatic rings. The Morgan fingerprint density at radius 1 is 1.26 bits per heavy atom. The van der Waals surface area contributed by atoms with Gasteiger partial charge in [0.1, 0.15) is 0 Å². The van der Waals surface area contributed by atoms with Crippen LogP contribution in [0.15, 0.2) is 29.3 Å². The summed E-state index contributed by atoms with van der Waals surface area (Å²) in [6.07, 6.45) is -0.448. The Labute approximate surface area is 139 Å². The minimum Gasteiger partial charge on any atom is -0.331 e. The van der Waals surface area contributed by atoms with Crippen LogP contribution in [0.2, 0.25) is 0 Å². The van der Waals surface area contributed by atoms with Crippen LogP contribution in [-0.2, 0) is 11.3 Å². The van der Waals surface area contributed by atoms with Crippen LogP contribution in [0.25, 0.3) is 0 Å². The summed E-state index contributed by atoms with van der Waals surface area (Å²) < 4.78 is 0. The largest absolute Gasteiger partial charge is 0.331 e. The highest BCUT2D eigenvalue weighted by molar-refractivity contribution is 8.13. The number of likely N-dealkylation sites (N-methyl/N-ethyl adjacent to an activating group) is 1. The van der Waals surface area contributed by atoms with Gasteiger partial charge in [-0.15, -0.1) is 0 Å². The minimum absolute atomic E-state index is 0.277. The molecule has 0 saturated carbocycles. The standard InChI is InChI=1S/C16H20N4O2S/c1-4-23-16-17-13-12(14(21)18-15(22)19(13)3)20(16)9-11-7-5-10(2)6-8-11/h5-8,12-13H,4,9H2,1-3H3,(H,18,21,22). The maximum atomic E-state index is 12.4. The van der Waals surface area contributed by atoms with Gasteiger partial charge in [-0.25, -0.2) is 9.79 Å². The van der Waals surface area contributed by atoms with Crippen molar-refractivity contribution >= 4 is 28.9 Å². The second kappa shape index (κ2) is 6.23. The molecule has 6 nitrogen and oxygen atoms in total. The Hall–Kier alpha value is -2.02. The molecule has 2 heterocycles. The lowest BCUT2D eigenvalue weighted by molar-refractivity contribution is -0.127. The van der Waals surface area contributed by atoms with E-state index in [2.05, 4.69) is 34.6 Å². The van der Waals surface area contributed by atoms with Crippen LogP contribution in [0, 0.1) is 6.92 Å². The first-order valence-electron chi connectivity index (χ1n) is 7.61. The molecule has 0 bridgehead atoms. The molecule has 122 valence electrons. The summed E-state index contributed by atoms with van der Waals surface area (Å²) in [5.41, 5.74) is 2.32. The summed E-state index contributed by atoms with van der Waals surface area (Å²) in [5, 5.41) is 3.23. The van der Waals surface area contributed by atoms with Gasteiger partial charge >= 0.3 is 6.03 Å². The number of hydrogen-bond donors (Lipinski definition) is 1. The van der Waals surface area contributed by atoms with Crippen molar-refractivity contribution in [3.8, 4) is 0 Å². The van der Waals surface area contributed by atoms with Crippen molar-refractivity contribution in [3.63, 3.8) is 0 Å². The number of carbonyl (C=O) groups is 2. The number of thioether (sulfide) groups is 1. The quantitative estimate of drug-likeness (QED) is 0.917. The third-order valence-corrected chi connectivity index (χ3v) is 4.96. The van der Waals surface area contributed by atoms with E-state index in [0.717, 1.165) is 16.5 Å². The fourth-order valence-electron chi connectivity index (χ4n) is 2.81. The van der Waals surface area contributed by atoms with Gasteiger partial charge in [-0.3, -0.25) is 10.1 Å². The molecule has 2 aliphatic rings. The van der Waals surface area contributed by atoms with Crippen molar-refractivity contribution in [1.29, 1.82) is 0 Å². The van der Waals surface area contributed by atoms with Gasteiger partial charge in [0.15, 0.2) is 17.4 Å². The van der Waals surface area contributed by atoms with E-state index < -0.39 is 18.2 Å². The van der Waals surface area contributed by atoms with E-state index in [1.54, 1.807) is 18.8 Å². The molecule has 0 radical (unpaired) electrons. The van der Waals surface area contributed by atoms with Crippen molar-refractivity contribution < 1.29 is 9.59 Å². The van der Waals surface area contributed by atoms with Crippen LogP contribution in [0.1, 0.15) is 18.1 Å². The topological polar surface area (TPSA) is 65.0 Å². The fourth-order valence-corrected chi connectivity index (χ4v) is 3.59. The molecule has 1 saturated heterocycles. The predicted octanol–water partition coefficient (Wildman–Crippen LogP) is 1.80. The van der Waals surface area contributed by atoms with E-state index >= 15 is 0 Å². The van der Waals surface area contributed by atoms with Crippen LogP contribution in [-0.4, -0.2) is 51.9 Å².